The molecule has 2 aliphatic rings. The predicted molar refractivity (Wildman–Crippen MR) is 69.5 cm³/mol. The first-order valence-corrected chi connectivity index (χ1v) is 5.97. The van der Waals surface area contributed by atoms with Gasteiger partial charge in [0.15, 0.2) is 0 Å². The number of rotatable bonds is 3. The second-order valence-corrected chi connectivity index (χ2v) is 4.66. The fraction of sp³-hybridized carbons (Fsp3) is 0.308. The molecule has 0 radical (unpaired) electrons. The molecule has 2 atom stereocenters. The Morgan fingerprint density at radius 1 is 1.44 bits per heavy atom. The number of nitro groups is 1. The number of nitro benzene ring substituents is 1. The number of nitrogens with zero attached hydrogens (tertiary/aromatic N) is 2. The van der Waals surface area contributed by atoms with Crippen molar-refractivity contribution in [1.82, 2.24) is 0 Å². The van der Waals surface area contributed by atoms with Crippen molar-refractivity contribution in [1.29, 1.82) is 0 Å². The Bertz CT molecular complexity index is 551. The highest BCUT2D eigenvalue weighted by molar-refractivity contribution is 5.94. The number of benzene rings is 1. The summed E-state index contributed by atoms with van der Waals surface area (Å²) in [7, 11) is 0. The Kier molecular flexibility index (Phi) is 2.59. The molecule has 18 heavy (non-hydrogen) atoms. The molecule has 0 bridgehead atoms. The summed E-state index contributed by atoms with van der Waals surface area (Å²) in [4.78, 5) is 10.2. The number of nitrogens with one attached hydrogen (secondary N) is 1. The molecule has 5 nitrogen and oxygen atoms in total. The molecule has 0 aromatic heterocycles. The first-order valence-electron chi connectivity index (χ1n) is 5.97. The smallest absolute Gasteiger partial charge is 0.271 e. The number of allylic oxidation sites excluding steroid dienone is 2. The van der Waals surface area contributed by atoms with Gasteiger partial charge in [0.1, 0.15) is 0 Å². The highest BCUT2D eigenvalue weighted by Gasteiger charge is 2.37. The zero-order chi connectivity index (χ0) is 12.5. The van der Waals surface area contributed by atoms with Crippen LogP contribution in [0.5, 0.6) is 0 Å². The van der Waals surface area contributed by atoms with Crippen LogP contribution in [0.4, 0.5) is 11.4 Å². The molecule has 0 saturated heterocycles. The molecule has 92 valence electrons. The lowest BCUT2D eigenvalue weighted by molar-refractivity contribution is -0.384. The first-order chi connectivity index (χ1) is 8.74. The Labute approximate surface area is 104 Å². The average Bonchev–Trinajstić information content (AvgIpc) is 2.72. The van der Waals surface area contributed by atoms with E-state index in [1.165, 1.54) is 12.1 Å². The van der Waals surface area contributed by atoms with Crippen molar-refractivity contribution in [2.75, 3.05) is 5.43 Å². The Hall–Kier alpha value is -2.17. The van der Waals surface area contributed by atoms with Gasteiger partial charge in [-0.2, -0.15) is 5.10 Å². The number of hydrogen-bond donors (Lipinski definition) is 1. The maximum atomic E-state index is 10.6. The van der Waals surface area contributed by atoms with E-state index in [4.69, 9.17) is 0 Å². The Morgan fingerprint density at radius 3 is 3.11 bits per heavy atom. The van der Waals surface area contributed by atoms with Crippen molar-refractivity contribution in [2.24, 2.45) is 16.9 Å². The van der Waals surface area contributed by atoms with Gasteiger partial charge >= 0.3 is 0 Å². The molecule has 0 amide bonds. The van der Waals surface area contributed by atoms with Crippen molar-refractivity contribution < 1.29 is 4.92 Å². The summed E-state index contributed by atoms with van der Waals surface area (Å²) in [5.41, 5.74) is 4.81. The van der Waals surface area contributed by atoms with Gasteiger partial charge in [-0.25, -0.2) is 0 Å². The summed E-state index contributed by atoms with van der Waals surface area (Å²) < 4.78 is 0. The fourth-order valence-corrected chi connectivity index (χ4v) is 2.49. The topological polar surface area (TPSA) is 67.5 Å². The normalized spacial score (nSPS) is 26.8. The number of fused-ring (bicyclic) bond motifs is 1. The Morgan fingerprint density at radius 2 is 2.33 bits per heavy atom. The van der Waals surface area contributed by atoms with Crippen LogP contribution in [0.15, 0.2) is 41.5 Å². The van der Waals surface area contributed by atoms with E-state index in [0.717, 1.165) is 18.6 Å². The molecule has 0 unspecified atom stereocenters. The van der Waals surface area contributed by atoms with Crippen LogP contribution in [0, 0.1) is 22.0 Å². The van der Waals surface area contributed by atoms with Crippen molar-refractivity contribution >= 4 is 17.1 Å². The van der Waals surface area contributed by atoms with Crippen molar-refractivity contribution in [3.63, 3.8) is 0 Å². The van der Waals surface area contributed by atoms with E-state index in [-0.39, 0.29) is 5.69 Å². The van der Waals surface area contributed by atoms with Gasteiger partial charge in [-0.15, -0.1) is 0 Å². The second kappa shape index (κ2) is 4.25. The quantitative estimate of drug-likeness (QED) is 0.504. The molecule has 0 aliphatic heterocycles. The molecule has 1 saturated carbocycles. The number of hydrogen-bond acceptors (Lipinski definition) is 4. The summed E-state index contributed by atoms with van der Waals surface area (Å²) in [6.45, 7) is 0. The van der Waals surface area contributed by atoms with Crippen molar-refractivity contribution in [3.8, 4) is 0 Å². The monoisotopic (exact) mass is 243 g/mol. The van der Waals surface area contributed by atoms with E-state index in [9.17, 15) is 10.1 Å². The maximum Gasteiger partial charge on any atom is 0.271 e. The minimum atomic E-state index is -0.404. The average molecular weight is 243 g/mol. The van der Waals surface area contributed by atoms with Crippen LogP contribution in [0.2, 0.25) is 0 Å². The molecular formula is C13H13N3O2. The third kappa shape index (κ3) is 1.88. The summed E-state index contributed by atoms with van der Waals surface area (Å²) >= 11 is 0. The van der Waals surface area contributed by atoms with Gasteiger partial charge in [0.25, 0.3) is 5.69 Å². The maximum absolute atomic E-state index is 10.6. The lowest BCUT2D eigenvalue weighted by Crippen LogP contribution is -2.33. The molecule has 0 heterocycles. The summed E-state index contributed by atoms with van der Waals surface area (Å²) in [5.74, 6) is 1.21. The molecule has 1 fully saturated rings. The predicted octanol–water partition coefficient (Wildman–Crippen LogP) is 2.96. The largest absolute Gasteiger partial charge is 0.278 e. The van der Waals surface area contributed by atoms with Crippen LogP contribution in [0.1, 0.15) is 12.8 Å². The lowest BCUT2D eigenvalue weighted by atomic mass is 9.74. The van der Waals surface area contributed by atoms with Crippen LogP contribution >= 0.6 is 0 Å². The van der Waals surface area contributed by atoms with Crippen molar-refractivity contribution in [3.05, 3.63) is 46.5 Å². The van der Waals surface area contributed by atoms with E-state index in [1.807, 2.05) is 0 Å². The summed E-state index contributed by atoms with van der Waals surface area (Å²) in [6.07, 6.45) is 6.52. The third-order valence-corrected chi connectivity index (χ3v) is 3.55. The molecule has 1 aromatic rings. The number of hydrazone groups is 1. The molecule has 1 aromatic carbocycles. The minimum Gasteiger partial charge on any atom is -0.278 e. The highest BCUT2D eigenvalue weighted by Crippen LogP contribution is 2.40. The summed E-state index contributed by atoms with van der Waals surface area (Å²) in [6, 6.07) is 6.40. The number of anilines is 1. The van der Waals surface area contributed by atoms with Crippen LogP contribution in [-0.2, 0) is 0 Å². The van der Waals surface area contributed by atoms with E-state index in [1.54, 1.807) is 12.1 Å². The van der Waals surface area contributed by atoms with Crippen molar-refractivity contribution in [2.45, 2.75) is 12.8 Å². The zero-order valence-electron chi connectivity index (χ0n) is 9.74. The van der Waals surface area contributed by atoms with Gasteiger partial charge in [0.2, 0.25) is 0 Å². The molecular weight excluding hydrogens is 230 g/mol. The zero-order valence-corrected chi connectivity index (χ0v) is 9.74. The van der Waals surface area contributed by atoms with Crippen LogP contribution in [-0.4, -0.2) is 10.6 Å². The molecule has 2 aliphatic carbocycles. The lowest BCUT2D eigenvalue weighted by Gasteiger charge is -2.31. The van der Waals surface area contributed by atoms with Crippen LogP contribution in [0.25, 0.3) is 0 Å². The van der Waals surface area contributed by atoms with Gasteiger partial charge in [0.05, 0.1) is 10.6 Å². The van der Waals surface area contributed by atoms with E-state index in [0.29, 0.717) is 17.5 Å². The first kappa shape index (κ1) is 11.0. The van der Waals surface area contributed by atoms with E-state index >= 15 is 0 Å². The molecule has 3 rings (SSSR count). The fourth-order valence-electron chi connectivity index (χ4n) is 2.49. The second-order valence-electron chi connectivity index (χ2n) is 4.66. The summed E-state index contributed by atoms with van der Waals surface area (Å²) in [5, 5.41) is 15.0. The third-order valence-electron chi connectivity index (χ3n) is 3.55. The molecule has 5 heteroatoms. The van der Waals surface area contributed by atoms with Crippen LogP contribution < -0.4 is 5.43 Å². The van der Waals surface area contributed by atoms with E-state index in [2.05, 4.69) is 22.7 Å². The SMILES string of the molecule is O=[N+]([O-])c1cccc(N/N=C2/C[C@H]3C=CC[C@H]23)c1. The standard InChI is InChI=1S/C13H13N3O2/c17-16(18)11-5-2-4-10(8-11)14-15-13-7-9-3-1-6-12(9)13/h1-5,8-9,12,14H,6-7H2/b15-13-/t9-,12+/m1/s1. The van der Waals surface area contributed by atoms with Crippen LogP contribution in [0.3, 0.4) is 0 Å². The minimum absolute atomic E-state index is 0.0780. The van der Waals surface area contributed by atoms with Gasteiger partial charge < -0.3 is 0 Å². The van der Waals surface area contributed by atoms with Gasteiger partial charge in [-0.3, -0.25) is 15.5 Å². The highest BCUT2D eigenvalue weighted by atomic mass is 16.6. The van der Waals surface area contributed by atoms with E-state index < -0.39 is 4.92 Å². The number of non-ortho nitro benzene ring substituents is 1. The molecule has 1 N–H and O–H groups in total. The van der Waals surface area contributed by atoms with Gasteiger partial charge in [-0.05, 0) is 24.8 Å². The molecule has 0 spiro atoms. The van der Waals surface area contributed by atoms with Gasteiger partial charge in [-0.1, -0.05) is 18.2 Å². The Balaban J connectivity index is 1.68. The van der Waals surface area contributed by atoms with Gasteiger partial charge in [0, 0.05) is 23.8 Å².